The molecule has 0 aromatic rings. The fourth-order valence-electron chi connectivity index (χ4n) is 1.47. The number of carboxylic acid groups (broad SMARTS) is 1. The number of aliphatic carboxylic acids is 1. The van der Waals surface area contributed by atoms with Gasteiger partial charge >= 0.3 is 5.97 Å². The third-order valence-corrected chi connectivity index (χ3v) is 2.61. The summed E-state index contributed by atoms with van der Waals surface area (Å²) in [6.45, 7) is 7.44. The molecule has 1 fully saturated rings. The van der Waals surface area contributed by atoms with Crippen molar-refractivity contribution in [2.75, 3.05) is 19.8 Å². The zero-order valence-corrected chi connectivity index (χ0v) is 8.45. The van der Waals surface area contributed by atoms with Crippen molar-refractivity contribution in [3.8, 4) is 0 Å². The minimum Gasteiger partial charge on any atom is -0.478 e. The monoisotopic (exact) mass is 199 g/mol. The molecule has 4 nitrogen and oxygen atoms in total. The second kappa shape index (κ2) is 5.12. The average Bonchev–Trinajstić information content (AvgIpc) is 2.66. The second-order valence-corrected chi connectivity index (χ2v) is 3.70. The summed E-state index contributed by atoms with van der Waals surface area (Å²) >= 11 is 0. The minimum atomic E-state index is -0.938. The first-order chi connectivity index (χ1) is 6.61. The Morgan fingerprint density at radius 1 is 1.79 bits per heavy atom. The SMILES string of the molecule is C=C(CNC(C)C1CCOC1)C(=O)O. The Morgan fingerprint density at radius 3 is 3.00 bits per heavy atom. The predicted molar refractivity (Wildman–Crippen MR) is 53.2 cm³/mol. The summed E-state index contributed by atoms with van der Waals surface area (Å²) in [5, 5.41) is 11.7. The fraction of sp³-hybridized carbons (Fsp3) is 0.700. The van der Waals surface area contributed by atoms with Crippen LogP contribution in [0.4, 0.5) is 0 Å². The number of rotatable bonds is 5. The van der Waals surface area contributed by atoms with Gasteiger partial charge in [-0.1, -0.05) is 6.58 Å². The smallest absolute Gasteiger partial charge is 0.332 e. The first-order valence-electron chi connectivity index (χ1n) is 4.83. The Kier molecular flexibility index (Phi) is 4.10. The van der Waals surface area contributed by atoms with Crippen LogP contribution in [0.25, 0.3) is 0 Å². The summed E-state index contributed by atoms with van der Waals surface area (Å²) < 4.78 is 5.25. The maximum absolute atomic E-state index is 10.5. The van der Waals surface area contributed by atoms with E-state index in [-0.39, 0.29) is 11.6 Å². The van der Waals surface area contributed by atoms with Gasteiger partial charge in [-0.05, 0) is 19.3 Å². The topological polar surface area (TPSA) is 58.6 Å². The molecule has 0 saturated carbocycles. The molecule has 2 unspecified atom stereocenters. The van der Waals surface area contributed by atoms with Gasteiger partial charge in [0.05, 0.1) is 6.61 Å². The van der Waals surface area contributed by atoms with Gasteiger partial charge < -0.3 is 15.2 Å². The molecule has 0 spiro atoms. The predicted octanol–water partition coefficient (Wildman–Crippen LogP) is 0.642. The van der Waals surface area contributed by atoms with Gasteiger partial charge in [0.15, 0.2) is 0 Å². The van der Waals surface area contributed by atoms with Crippen LogP contribution in [0.15, 0.2) is 12.2 Å². The Balaban J connectivity index is 2.23. The number of carbonyl (C=O) groups is 1. The van der Waals surface area contributed by atoms with Crippen LogP contribution in [0.5, 0.6) is 0 Å². The zero-order valence-electron chi connectivity index (χ0n) is 8.45. The molecule has 1 rings (SSSR count). The molecule has 0 aromatic carbocycles. The molecule has 4 heteroatoms. The van der Waals surface area contributed by atoms with Crippen LogP contribution >= 0.6 is 0 Å². The number of carboxylic acids is 1. The molecular formula is C10H17NO3. The first kappa shape index (κ1) is 11.2. The molecule has 2 atom stereocenters. The van der Waals surface area contributed by atoms with Crippen molar-refractivity contribution in [3.05, 3.63) is 12.2 Å². The van der Waals surface area contributed by atoms with Gasteiger partial charge in [0, 0.05) is 24.8 Å². The fourth-order valence-corrected chi connectivity index (χ4v) is 1.47. The molecule has 80 valence electrons. The van der Waals surface area contributed by atoms with Crippen molar-refractivity contribution in [2.45, 2.75) is 19.4 Å². The standard InChI is InChI=1S/C10H17NO3/c1-7(10(12)13)5-11-8(2)9-3-4-14-6-9/h8-9,11H,1,3-6H2,2H3,(H,12,13). The Morgan fingerprint density at radius 2 is 2.50 bits per heavy atom. The Bertz CT molecular complexity index is 221. The minimum absolute atomic E-state index is 0.204. The molecule has 2 N–H and O–H groups in total. The van der Waals surface area contributed by atoms with E-state index < -0.39 is 5.97 Å². The lowest BCUT2D eigenvalue weighted by Crippen LogP contribution is -2.35. The van der Waals surface area contributed by atoms with Crippen LogP contribution in [0.2, 0.25) is 0 Å². The van der Waals surface area contributed by atoms with Crippen molar-refractivity contribution in [1.29, 1.82) is 0 Å². The van der Waals surface area contributed by atoms with E-state index >= 15 is 0 Å². The maximum Gasteiger partial charge on any atom is 0.332 e. The van der Waals surface area contributed by atoms with Crippen LogP contribution in [-0.2, 0) is 9.53 Å². The van der Waals surface area contributed by atoms with E-state index in [9.17, 15) is 4.79 Å². The van der Waals surface area contributed by atoms with Gasteiger partial charge in [0.2, 0.25) is 0 Å². The Labute approximate surface area is 83.9 Å². The number of hydrogen-bond donors (Lipinski definition) is 2. The molecule has 1 aliphatic rings. The number of hydrogen-bond acceptors (Lipinski definition) is 3. The van der Waals surface area contributed by atoms with E-state index in [0.717, 1.165) is 19.6 Å². The van der Waals surface area contributed by atoms with Crippen LogP contribution in [-0.4, -0.2) is 36.9 Å². The first-order valence-corrected chi connectivity index (χ1v) is 4.83. The Hall–Kier alpha value is -0.870. The van der Waals surface area contributed by atoms with Crippen molar-refractivity contribution >= 4 is 5.97 Å². The molecule has 0 aromatic heterocycles. The van der Waals surface area contributed by atoms with Crippen molar-refractivity contribution < 1.29 is 14.6 Å². The van der Waals surface area contributed by atoms with Crippen LogP contribution in [0.3, 0.4) is 0 Å². The second-order valence-electron chi connectivity index (χ2n) is 3.70. The highest BCUT2D eigenvalue weighted by molar-refractivity contribution is 5.86. The summed E-state index contributed by atoms with van der Waals surface area (Å²) in [6.07, 6.45) is 1.05. The molecule has 0 amide bonds. The molecule has 0 aliphatic carbocycles. The van der Waals surface area contributed by atoms with Gasteiger partial charge in [-0.2, -0.15) is 0 Å². The van der Waals surface area contributed by atoms with E-state index in [0.29, 0.717) is 12.5 Å². The molecule has 0 bridgehead atoms. The lowest BCUT2D eigenvalue weighted by Gasteiger charge is -2.18. The maximum atomic E-state index is 10.5. The summed E-state index contributed by atoms with van der Waals surface area (Å²) in [4.78, 5) is 10.5. The summed E-state index contributed by atoms with van der Waals surface area (Å²) in [5.74, 6) is -0.441. The quantitative estimate of drug-likeness (QED) is 0.638. The van der Waals surface area contributed by atoms with E-state index in [1.807, 2.05) is 0 Å². The summed E-state index contributed by atoms with van der Waals surface area (Å²) in [7, 11) is 0. The summed E-state index contributed by atoms with van der Waals surface area (Å²) in [6, 6.07) is 0.286. The molecule has 14 heavy (non-hydrogen) atoms. The zero-order chi connectivity index (χ0) is 10.6. The average molecular weight is 199 g/mol. The van der Waals surface area contributed by atoms with Gasteiger partial charge in [-0.15, -0.1) is 0 Å². The van der Waals surface area contributed by atoms with Crippen LogP contribution in [0, 0.1) is 5.92 Å². The van der Waals surface area contributed by atoms with Gasteiger partial charge in [-0.3, -0.25) is 0 Å². The van der Waals surface area contributed by atoms with Crippen molar-refractivity contribution in [2.24, 2.45) is 5.92 Å². The van der Waals surface area contributed by atoms with Crippen LogP contribution in [0.1, 0.15) is 13.3 Å². The van der Waals surface area contributed by atoms with Crippen molar-refractivity contribution in [1.82, 2.24) is 5.32 Å². The molecule has 0 radical (unpaired) electrons. The largest absolute Gasteiger partial charge is 0.478 e. The third-order valence-electron chi connectivity index (χ3n) is 2.61. The van der Waals surface area contributed by atoms with Gasteiger partial charge in [0.1, 0.15) is 0 Å². The van der Waals surface area contributed by atoms with Gasteiger partial charge in [-0.25, -0.2) is 4.79 Å². The molecule has 1 aliphatic heterocycles. The van der Waals surface area contributed by atoms with Gasteiger partial charge in [0.25, 0.3) is 0 Å². The molecule has 1 saturated heterocycles. The molecule has 1 heterocycles. The van der Waals surface area contributed by atoms with Crippen LogP contribution < -0.4 is 5.32 Å². The van der Waals surface area contributed by atoms with E-state index in [2.05, 4.69) is 18.8 Å². The van der Waals surface area contributed by atoms with E-state index in [4.69, 9.17) is 9.84 Å². The third kappa shape index (κ3) is 3.12. The van der Waals surface area contributed by atoms with E-state index in [1.54, 1.807) is 0 Å². The summed E-state index contributed by atoms with van der Waals surface area (Å²) in [5.41, 5.74) is 0.204. The molecular weight excluding hydrogens is 182 g/mol. The van der Waals surface area contributed by atoms with E-state index in [1.165, 1.54) is 0 Å². The highest BCUT2D eigenvalue weighted by atomic mass is 16.5. The highest BCUT2D eigenvalue weighted by Gasteiger charge is 2.22. The lowest BCUT2D eigenvalue weighted by atomic mass is 10.0. The normalized spacial score (nSPS) is 23.4. The number of ether oxygens (including phenoxy) is 1. The highest BCUT2D eigenvalue weighted by Crippen LogP contribution is 2.16. The van der Waals surface area contributed by atoms with Crippen molar-refractivity contribution in [3.63, 3.8) is 0 Å². The lowest BCUT2D eigenvalue weighted by molar-refractivity contribution is -0.132. The number of nitrogens with one attached hydrogen (secondary N) is 1.